The van der Waals surface area contributed by atoms with Crippen LogP contribution in [-0.2, 0) is 4.79 Å². The molecule has 1 aliphatic rings. The van der Waals surface area contributed by atoms with Crippen LogP contribution in [0.5, 0.6) is 11.5 Å². The first-order valence-corrected chi connectivity index (χ1v) is 6.10. The van der Waals surface area contributed by atoms with Crippen LogP contribution in [0.25, 0.3) is 6.08 Å². The molecule has 0 aromatic heterocycles. The summed E-state index contributed by atoms with van der Waals surface area (Å²) in [6.07, 6.45) is 1.23. The van der Waals surface area contributed by atoms with Gasteiger partial charge in [0.2, 0.25) is 0 Å². The summed E-state index contributed by atoms with van der Waals surface area (Å²) < 4.78 is 10.1. The number of carbonyl (C=O) groups is 2. The molecule has 3 amide bonds. The zero-order valence-corrected chi connectivity index (χ0v) is 12.1. The van der Waals surface area contributed by atoms with Crippen molar-refractivity contribution in [2.24, 2.45) is 0 Å². The van der Waals surface area contributed by atoms with Crippen LogP contribution in [0.1, 0.15) is 5.56 Å². The van der Waals surface area contributed by atoms with Gasteiger partial charge in [0.05, 0.1) is 30.8 Å². The number of likely N-dealkylation sites (N-methyl/N-ethyl adjacent to an activating group) is 1. The maximum Gasteiger partial charge on any atom is 0.328 e. The summed E-state index contributed by atoms with van der Waals surface area (Å²) >= 11 is 0. The number of nitrogens with one attached hydrogen (secondary N) is 1. The monoisotopic (exact) mass is 307 g/mol. The highest BCUT2D eigenvalue weighted by Crippen LogP contribution is 2.35. The highest BCUT2D eigenvalue weighted by molar-refractivity contribution is 6.13. The second-order valence-electron chi connectivity index (χ2n) is 4.38. The molecule has 1 heterocycles. The van der Waals surface area contributed by atoms with Gasteiger partial charge in [-0.05, 0) is 12.1 Å². The van der Waals surface area contributed by atoms with Crippen molar-refractivity contribution in [3.63, 3.8) is 0 Å². The number of nitrogens with zero attached hydrogens (tertiary/aromatic N) is 2. The minimum absolute atomic E-state index is 0.0529. The van der Waals surface area contributed by atoms with Crippen molar-refractivity contribution < 1.29 is 24.0 Å². The number of imide groups is 1. The summed E-state index contributed by atoms with van der Waals surface area (Å²) in [5.74, 6) is -0.116. The Balaban J connectivity index is 2.57. The molecule has 1 N–H and O–H groups in total. The van der Waals surface area contributed by atoms with Crippen molar-refractivity contribution in [2.75, 3.05) is 21.3 Å². The van der Waals surface area contributed by atoms with Gasteiger partial charge in [0, 0.05) is 7.05 Å². The van der Waals surface area contributed by atoms with E-state index in [2.05, 4.69) is 5.32 Å². The number of carbonyl (C=O) groups excluding carboxylic acids is 2. The molecule has 0 bridgehead atoms. The molecule has 1 aromatic carbocycles. The van der Waals surface area contributed by atoms with Crippen LogP contribution in [0.15, 0.2) is 17.8 Å². The third kappa shape index (κ3) is 2.55. The van der Waals surface area contributed by atoms with Crippen LogP contribution in [0.3, 0.4) is 0 Å². The molecule has 9 heteroatoms. The number of methoxy groups -OCH3 is 2. The first-order chi connectivity index (χ1) is 10.4. The second kappa shape index (κ2) is 5.72. The average molecular weight is 307 g/mol. The quantitative estimate of drug-likeness (QED) is 0.386. The highest BCUT2D eigenvalue weighted by Gasteiger charge is 2.31. The fourth-order valence-electron chi connectivity index (χ4n) is 1.94. The fourth-order valence-corrected chi connectivity index (χ4v) is 1.94. The maximum absolute atomic E-state index is 11.8. The lowest BCUT2D eigenvalue weighted by Crippen LogP contribution is -2.25. The van der Waals surface area contributed by atoms with E-state index < -0.39 is 16.9 Å². The Kier molecular flexibility index (Phi) is 3.97. The molecule has 0 unspecified atom stereocenters. The Hall–Kier alpha value is -3.10. The van der Waals surface area contributed by atoms with E-state index in [0.29, 0.717) is 0 Å². The molecule has 0 radical (unpaired) electrons. The summed E-state index contributed by atoms with van der Waals surface area (Å²) in [6, 6.07) is 1.96. The van der Waals surface area contributed by atoms with E-state index in [-0.39, 0.29) is 28.4 Å². The Bertz CT molecular complexity index is 697. The van der Waals surface area contributed by atoms with Gasteiger partial charge in [-0.15, -0.1) is 0 Å². The van der Waals surface area contributed by atoms with E-state index >= 15 is 0 Å². The minimum atomic E-state index is -0.612. The third-order valence-corrected chi connectivity index (χ3v) is 3.11. The lowest BCUT2D eigenvalue weighted by Gasteiger charge is -2.09. The summed E-state index contributed by atoms with van der Waals surface area (Å²) in [6.45, 7) is 0. The largest absolute Gasteiger partial charge is 0.493 e. The molecule has 0 aliphatic carbocycles. The van der Waals surface area contributed by atoms with Gasteiger partial charge in [-0.25, -0.2) is 4.79 Å². The van der Waals surface area contributed by atoms with E-state index in [0.717, 1.165) is 4.90 Å². The van der Waals surface area contributed by atoms with Crippen molar-refractivity contribution in [1.29, 1.82) is 0 Å². The van der Waals surface area contributed by atoms with Gasteiger partial charge in [0.15, 0.2) is 11.5 Å². The molecular formula is C13H13N3O6. The first kappa shape index (κ1) is 15.3. The Morgan fingerprint density at radius 3 is 2.27 bits per heavy atom. The molecule has 1 aliphatic heterocycles. The molecule has 1 aromatic rings. The number of benzene rings is 1. The van der Waals surface area contributed by atoms with Gasteiger partial charge < -0.3 is 14.8 Å². The van der Waals surface area contributed by atoms with Crippen LogP contribution < -0.4 is 14.8 Å². The minimum Gasteiger partial charge on any atom is -0.493 e. The number of hydrogen-bond donors (Lipinski definition) is 1. The average Bonchev–Trinajstić information content (AvgIpc) is 2.73. The normalized spacial score (nSPS) is 16.0. The highest BCUT2D eigenvalue weighted by atomic mass is 16.6. The number of nitro groups is 1. The van der Waals surface area contributed by atoms with E-state index in [1.54, 1.807) is 0 Å². The van der Waals surface area contributed by atoms with Crippen LogP contribution in [0.4, 0.5) is 10.5 Å². The van der Waals surface area contributed by atoms with E-state index in [1.165, 1.54) is 39.5 Å². The number of amides is 3. The third-order valence-electron chi connectivity index (χ3n) is 3.11. The Morgan fingerprint density at radius 1 is 1.23 bits per heavy atom. The van der Waals surface area contributed by atoms with E-state index in [1.807, 2.05) is 0 Å². The number of ether oxygens (including phenoxy) is 2. The van der Waals surface area contributed by atoms with Gasteiger partial charge in [-0.3, -0.25) is 19.8 Å². The van der Waals surface area contributed by atoms with Crippen LogP contribution in [0, 0.1) is 10.1 Å². The Labute approximate surface area is 125 Å². The second-order valence-corrected chi connectivity index (χ2v) is 4.38. The predicted octanol–water partition coefficient (Wildman–Crippen LogP) is 1.13. The SMILES string of the molecule is COc1cc(/C=C2/NC(=O)N(C)C2=O)c([N+](=O)[O-])cc1OC. The fraction of sp³-hybridized carbons (Fsp3) is 0.231. The summed E-state index contributed by atoms with van der Waals surface area (Å²) in [4.78, 5) is 34.7. The van der Waals surface area contributed by atoms with Crippen LogP contribution >= 0.6 is 0 Å². The van der Waals surface area contributed by atoms with E-state index in [4.69, 9.17) is 9.47 Å². The number of rotatable bonds is 4. The first-order valence-electron chi connectivity index (χ1n) is 6.10. The van der Waals surface area contributed by atoms with Crippen molar-refractivity contribution >= 4 is 23.7 Å². The summed E-state index contributed by atoms with van der Waals surface area (Å²) in [7, 11) is 4.05. The van der Waals surface area contributed by atoms with Gasteiger partial charge in [0.25, 0.3) is 11.6 Å². The van der Waals surface area contributed by atoms with Crippen molar-refractivity contribution in [3.05, 3.63) is 33.5 Å². The molecule has 0 atom stereocenters. The Morgan fingerprint density at radius 2 is 1.82 bits per heavy atom. The smallest absolute Gasteiger partial charge is 0.328 e. The zero-order chi connectivity index (χ0) is 16.4. The molecule has 1 saturated heterocycles. The van der Waals surface area contributed by atoms with Gasteiger partial charge >= 0.3 is 6.03 Å². The molecule has 9 nitrogen and oxygen atoms in total. The molecule has 1 fully saturated rings. The summed E-state index contributed by atoms with van der Waals surface area (Å²) in [5.41, 5.74) is -0.217. The standard InChI is InChI=1S/C13H13N3O6/c1-15-12(17)8(14-13(15)18)4-7-5-10(21-2)11(22-3)6-9(7)16(19)20/h4-6H,1-3H3,(H,14,18)/b8-4+. The molecule has 22 heavy (non-hydrogen) atoms. The van der Waals surface area contributed by atoms with E-state index in [9.17, 15) is 19.7 Å². The molecule has 2 rings (SSSR count). The van der Waals surface area contributed by atoms with Gasteiger partial charge in [-0.2, -0.15) is 0 Å². The summed E-state index contributed by atoms with van der Waals surface area (Å²) in [5, 5.41) is 13.5. The van der Waals surface area contributed by atoms with Crippen LogP contribution in [0.2, 0.25) is 0 Å². The zero-order valence-electron chi connectivity index (χ0n) is 12.1. The lowest BCUT2D eigenvalue weighted by molar-refractivity contribution is -0.385. The number of urea groups is 1. The van der Waals surface area contributed by atoms with Crippen molar-refractivity contribution in [2.45, 2.75) is 0 Å². The predicted molar refractivity (Wildman–Crippen MR) is 75.5 cm³/mol. The molecule has 0 saturated carbocycles. The number of hydrogen-bond acceptors (Lipinski definition) is 6. The maximum atomic E-state index is 11.8. The molecular weight excluding hydrogens is 294 g/mol. The van der Waals surface area contributed by atoms with Crippen molar-refractivity contribution in [1.82, 2.24) is 10.2 Å². The lowest BCUT2D eigenvalue weighted by atomic mass is 10.1. The van der Waals surface area contributed by atoms with Crippen LogP contribution in [-0.4, -0.2) is 43.0 Å². The molecule has 0 spiro atoms. The molecule has 116 valence electrons. The van der Waals surface area contributed by atoms with Crippen molar-refractivity contribution in [3.8, 4) is 11.5 Å². The van der Waals surface area contributed by atoms with Gasteiger partial charge in [-0.1, -0.05) is 0 Å². The van der Waals surface area contributed by atoms with Gasteiger partial charge in [0.1, 0.15) is 5.70 Å². The number of nitro benzene ring substituents is 1. The topological polar surface area (TPSA) is 111 Å².